The fourth-order valence-corrected chi connectivity index (χ4v) is 3.03. The summed E-state index contributed by atoms with van der Waals surface area (Å²) in [6.07, 6.45) is 1.18. The first kappa shape index (κ1) is 19.7. The molecule has 1 amide bonds. The summed E-state index contributed by atoms with van der Waals surface area (Å²) in [6, 6.07) is 14.0. The van der Waals surface area contributed by atoms with E-state index in [0.717, 1.165) is 17.7 Å². The Bertz CT molecular complexity index is 798. The lowest BCUT2D eigenvalue weighted by Crippen LogP contribution is -2.44. The van der Waals surface area contributed by atoms with Crippen molar-refractivity contribution in [3.05, 3.63) is 65.5 Å². The number of amides is 1. The van der Waals surface area contributed by atoms with Crippen LogP contribution in [0.3, 0.4) is 0 Å². The van der Waals surface area contributed by atoms with Gasteiger partial charge in [0.05, 0.1) is 13.0 Å². The summed E-state index contributed by atoms with van der Waals surface area (Å²) in [5.74, 6) is 1.20. The highest BCUT2D eigenvalue weighted by Gasteiger charge is 2.22. The average Bonchev–Trinajstić information content (AvgIpc) is 3.12. The molecule has 1 aliphatic heterocycles. The third kappa shape index (κ3) is 5.70. The number of nitrogens with zero attached hydrogens (tertiary/aromatic N) is 1. The molecule has 0 saturated carbocycles. The lowest BCUT2D eigenvalue weighted by atomic mass is 10.1. The maximum atomic E-state index is 12.9. The van der Waals surface area contributed by atoms with E-state index in [0.29, 0.717) is 25.6 Å². The molecule has 6 nitrogen and oxygen atoms in total. The second-order valence-electron chi connectivity index (χ2n) is 6.58. The van der Waals surface area contributed by atoms with Gasteiger partial charge in [-0.25, -0.2) is 4.39 Å². The molecule has 7 heteroatoms. The summed E-state index contributed by atoms with van der Waals surface area (Å²) < 4.78 is 18.8. The molecule has 0 spiro atoms. The molecule has 1 unspecified atom stereocenters. The molecule has 28 heavy (non-hydrogen) atoms. The van der Waals surface area contributed by atoms with Gasteiger partial charge in [-0.1, -0.05) is 30.3 Å². The van der Waals surface area contributed by atoms with Crippen LogP contribution in [0.2, 0.25) is 0 Å². The van der Waals surface area contributed by atoms with Crippen molar-refractivity contribution in [3.8, 4) is 5.75 Å². The summed E-state index contributed by atoms with van der Waals surface area (Å²) >= 11 is 0. The number of fused-ring (bicyclic) bond motifs is 1. The van der Waals surface area contributed by atoms with Crippen molar-refractivity contribution in [3.63, 3.8) is 0 Å². The zero-order valence-corrected chi connectivity index (χ0v) is 15.9. The highest BCUT2D eigenvalue weighted by molar-refractivity contribution is 5.80. The minimum Gasteiger partial charge on any atom is -0.488 e. The molecule has 0 aliphatic carbocycles. The smallest absolute Gasteiger partial charge is 0.224 e. The summed E-state index contributed by atoms with van der Waals surface area (Å²) in [6.45, 7) is 1.65. The number of hydrogen-bond donors (Lipinski definition) is 3. The number of nitrogens with one attached hydrogen (secondary N) is 3. The molecule has 0 radical (unpaired) electrons. The molecule has 2 aromatic rings. The third-order valence-corrected chi connectivity index (χ3v) is 4.45. The number of hydrogen-bond acceptors (Lipinski definition) is 3. The van der Waals surface area contributed by atoms with Crippen LogP contribution in [0.5, 0.6) is 5.75 Å². The van der Waals surface area contributed by atoms with Crippen molar-refractivity contribution in [2.24, 2.45) is 4.99 Å². The molecule has 0 bridgehead atoms. The van der Waals surface area contributed by atoms with Crippen molar-refractivity contribution in [2.75, 3.05) is 26.7 Å². The molecular weight excluding hydrogens is 359 g/mol. The van der Waals surface area contributed by atoms with Crippen LogP contribution in [-0.2, 0) is 17.6 Å². The van der Waals surface area contributed by atoms with E-state index in [1.54, 1.807) is 19.2 Å². The molecule has 1 aliphatic rings. The Balaban J connectivity index is 1.31. The van der Waals surface area contributed by atoms with Crippen LogP contribution in [0.4, 0.5) is 4.39 Å². The SMILES string of the molecule is CN=C(NCCNC(=O)Cc1ccc(F)cc1)NCC1Cc2ccccc2O1. The van der Waals surface area contributed by atoms with Crippen molar-refractivity contribution in [1.82, 2.24) is 16.0 Å². The van der Waals surface area contributed by atoms with Gasteiger partial charge in [-0.3, -0.25) is 9.79 Å². The van der Waals surface area contributed by atoms with E-state index in [2.05, 4.69) is 27.0 Å². The van der Waals surface area contributed by atoms with E-state index in [1.165, 1.54) is 17.7 Å². The minimum absolute atomic E-state index is 0.0753. The molecule has 0 fully saturated rings. The van der Waals surface area contributed by atoms with Gasteiger partial charge in [0.25, 0.3) is 0 Å². The van der Waals surface area contributed by atoms with E-state index >= 15 is 0 Å². The summed E-state index contributed by atoms with van der Waals surface area (Å²) in [4.78, 5) is 16.1. The Kier molecular flexibility index (Phi) is 6.84. The van der Waals surface area contributed by atoms with Crippen molar-refractivity contribution in [1.29, 1.82) is 0 Å². The first-order chi connectivity index (χ1) is 13.6. The molecule has 0 saturated heterocycles. The van der Waals surface area contributed by atoms with Gasteiger partial charge >= 0.3 is 0 Å². The Labute approximate surface area is 164 Å². The minimum atomic E-state index is -0.306. The molecule has 148 valence electrons. The van der Waals surface area contributed by atoms with Gasteiger partial charge in [0.1, 0.15) is 17.7 Å². The van der Waals surface area contributed by atoms with E-state index in [4.69, 9.17) is 4.74 Å². The molecular formula is C21H25FN4O2. The number of para-hydroxylation sites is 1. The number of halogens is 1. The fraction of sp³-hybridized carbons (Fsp3) is 0.333. The van der Waals surface area contributed by atoms with Crippen LogP contribution in [0.1, 0.15) is 11.1 Å². The lowest BCUT2D eigenvalue weighted by molar-refractivity contribution is -0.120. The second kappa shape index (κ2) is 9.73. The van der Waals surface area contributed by atoms with Gasteiger partial charge in [0.2, 0.25) is 5.91 Å². The molecule has 2 aromatic carbocycles. The predicted molar refractivity (Wildman–Crippen MR) is 107 cm³/mol. The van der Waals surface area contributed by atoms with E-state index in [1.807, 2.05) is 18.2 Å². The standard InChI is InChI=1S/C21H25FN4O2/c1-23-21(26-14-18-13-16-4-2-3-5-19(16)28-18)25-11-10-24-20(27)12-15-6-8-17(22)9-7-15/h2-9,18H,10-14H2,1H3,(H,24,27)(H2,23,25,26). The Morgan fingerprint density at radius 3 is 2.61 bits per heavy atom. The quantitative estimate of drug-likeness (QED) is 0.386. The topological polar surface area (TPSA) is 74.8 Å². The van der Waals surface area contributed by atoms with Gasteiger partial charge in [0.15, 0.2) is 5.96 Å². The fourth-order valence-electron chi connectivity index (χ4n) is 3.03. The monoisotopic (exact) mass is 384 g/mol. The van der Waals surface area contributed by atoms with Gasteiger partial charge in [0, 0.05) is 26.6 Å². The predicted octanol–water partition coefficient (Wildman–Crippen LogP) is 1.65. The maximum absolute atomic E-state index is 12.9. The van der Waals surface area contributed by atoms with Crippen molar-refractivity contribution >= 4 is 11.9 Å². The van der Waals surface area contributed by atoms with Crippen molar-refractivity contribution < 1.29 is 13.9 Å². The van der Waals surface area contributed by atoms with Crippen LogP contribution >= 0.6 is 0 Å². The van der Waals surface area contributed by atoms with Crippen LogP contribution in [-0.4, -0.2) is 44.7 Å². The maximum Gasteiger partial charge on any atom is 0.224 e. The highest BCUT2D eigenvalue weighted by atomic mass is 19.1. The van der Waals surface area contributed by atoms with E-state index < -0.39 is 0 Å². The summed E-state index contributed by atoms with van der Waals surface area (Å²) in [7, 11) is 1.70. The second-order valence-corrected chi connectivity index (χ2v) is 6.58. The zero-order chi connectivity index (χ0) is 19.8. The first-order valence-corrected chi connectivity index (χ1v) is 9.34. The summed E-state index contributed by atoms with van der Waals surface area (Å²) in [5.41, 5.74) is 2.00. The van der Waals surface area contributed by atoms with Gasteiger partial charge in [-0.2, -0.15) is 0 Å². The molecule has 1 heterocycles. The Morgan fingerprint density at radius 2 is 1.86 bits per heavy atom. The Morgan fingerprint density at radius 1 is 1.11 bits per heavy atom. The number of rotatable bonds is 7. The first-order valence-electron chi connectivity index (χ1n) is 9.34. The van der Waals surface area contributed by atoms with Gasteiger partial charge < -0.3 is 20.7 Å². The normalized spacial score (nSPS) is 15.5. The molecule has 0 aromatic heterocycles. The van der Waals surface area contributed by atoms with Gasteiger partial charge in [-0.05, 0) is 29.3 Å². The largest absolute Gasteiger partial charge is 0.488 e. The molecule has 3 rings (SSSR count). The van der Waals surface area contributed by atoms with E-state index in [-0.39, 0.29) is 24.2 Å². The van der Waals surface area contributed by atoms with Crippen molar-refractivity contribution in [2.45, 2.75) is 18.9 Å². The number of ether oxygens (including phenoxy) is 1. The zero-order valence-electron chi connectivity index (χ0n) is 15.9. The lowest BCUT2D eigenvalue weighted by Gasteiger charge is -2.15. The number of carbonyl (C=O) groups excluding carboxylic acids is 1. The van der Waals surface area contributed by atoms with Crippen LogP contribution in [0, 0.1) is 5.82 Å². The molecule has 1 atom stereocenters. The third-order valence-electron chi connectivity index (χ3n) is 4.45. The van der Waals surface area contributed by atoms with Crippen LogP contribution in [0.25, 0.3) is 0 Å². The number of guanidine groups is 1. The van der Waals surface area contributed by atoms with Crippen LogP contribution < -0.4 is 20.7 Å². The number of carbonyl (C=O) groups is 1. The van der Waals surface area contributed by atoms with E-state index in [9.17, 15) is 9.18 Å². The number of aliphatic imine (C=N–C) groups is 1. The molecule has 3 N–H and O–H groups in total. The number of benzene rings is 2. The highest BCUT2D eigenvalue weighted by Crippen LogP contribution is 2.27. The Hall–Kier alpha value is -3.09. The summed E-state index contributed by atoms with van der Waals surface area (Å²) in [5, 5.41) is 9.24. The van der Waals surface area contributed by atoms with Gasteiger partial charge in [-0.15, -0.1) is 0 Å². The van der Waals surface area contributed by atoms with Crippen LogP contribution in [0.15, 0.2) is 53.5 Å². The average molecular weight is 384 g/mol.